The first-order chi connectivity index (χ1) is 16.6. The molecule has 0 saturated heterocycles. The second-order valence-electron chi connectivity index (χ2n) is 7.08. The highest BCUT2D eigenvalue weighted by Gasteiger charge is 2.27. The molecule has 0 heterocycles. The number of non-ortho nitro benzene ring substituents is 1. The molecule has 182 valence electrons. The number of amides is 1. The van der Waals surface area contributed by atoms with Crippen molar-refractivity contribution < 1.29 is 18.1 Å². The summed E-state index contributed by atoms with van der Waals surface area (Å²) < 4.78 is 27.4. The van der Waals surface area contributed by atoms with Gasteiger partial charge in [0.25, 0.3) is 11.6 Å². The van der Waals surface area contributed by atoms with Gasteiger partial charge in [-0.1, -0.05) is 59.1 Å². The molecule has 0 unspecified atom stereocenters. The van der Waals surface area contributed by atoms with Crippen molar-refractivity contribution in [1.29, 1.82) is 0 Å². The van der Waals surface area contributed by atoms with Gasteiger partial charge in [0.1, 0.15) is 0 Å². The van der Waals surface area contributed by atoms with E-state index in [0.717, 1.165) is 10.5 Å². The number of nitrogens with one attached hydrogen (secondary N) is 1. The summed E-state index contributed by atoms with van der Waals surface area (Å²) in [5, 5.41) is 15.5. The molecule has 0 bridgehead atoms. The quantitative estimate of drug-likeness (QED) is 0.229. The van der Waals surface area contributed by atoms with Gasteiger partial charge in [-0.05, 0) is 35.9 Å². The maximum absolute atomic E-state index is 13.2. The van der Waals surface area contributed by atoms with E-state index in [4.69, 9.17) is 34.8 Å². The zero-order valence-electron chi connectivity index (χ0n) is 17.8. The molecule has 13 heteroatoms. The lowest BCUT2D eigenvalue weighted by molar-refractivity contribution is -0.384. The average molecular weight is 556 g/mol. The summed E-state index contributed by atoms with van der Waals surface area (Å²) in [6.45, 7) is -0.794. The van der Waals surface area contributed by atoms with Crippen LogP contribution in [-0.2, 0) is 21.4 Å². The first kappa shape index (κ1) is 26.6. The van der Waals surface area contributed by atoms with Gasteiger partial charge in [0.05, 0.1) is 22.6 Å². The van der Waals surface area contributed by atoms with Gasteiger partial charge in [0, 0.05) is 39.3 Å². The van der Waals surface area contributed by atoms with E-state index in [-0.39, 0.29) is 32.7 Å². The zero-order valence-corrected chi connectivity index (χ0v) is 20.9. The number of nitro benzene ring substituents is 1. The van der Waals surface area contributed by atoms with Crippen LogP contribution in [0.3, 0.4) is 0 Å². The van der Waals surface area contributed by atoms with E-state index in [1.165, 1.54) is 36.4 Å². The van der Waals surface area contributed by atoms with E-state index in [1.54, 1.807) is 30.3 Å². The topological polar surface area (TPSA) is 122 Å². The van der Waals surface area contributed by atoms with Gasteiger partial charge >= 0.3 is 0 Å². The maximum Gasteiger partial charge on any atom is 0.270 e. The van der Waals surface area contributed by atoms with Gasteiger partial charge < -0.3 is 0 Å². The van der Waals surface area contributed by atoms with Crippen LogP contribution in [0.25, 0.3) is 0 Å². The number of sulfonamides is 1. The Morgan fingerprint density at radius 2 is 1.74 bits per heavy atom. The molecule has 1 amide bonds. The Kier molecular flexibility index (Phi) is 8.82. The summed E-state index contributed by atoms with van der Waals surface area (Å²) in [4.78, 5) is 22.9. The standard InChI is InChI=1S/C22H17Cl3N4O5S/c23-17-7-6-15(21(25)11-17)13-28(35(33,34)19-4-2-1-3-5-19)14-22(30)27-26-12-16-10-18(29(31)32)8-9-20(16)24/h1-12H,13-14H2,(H,27,30)/b26-12-. The summed E-state index contributed by atoms with van der Waals surface area (Å²) in [5.41, 5.74) is 2.64. The molecule has 3 rings (SSSR count). The smallest absolute Gasteiger partial charge is 0.270 e. The lowest BCUT2D eigenvalue weighted by atomic mass is 10.2. The highest BCUT2D eigenvalue weighted by Crippen LogP contribution is 2.25. The van der Waals surface area contributed by atoms with E-state index in [9.17, 15) is 23.3 Å². The Hall–Kier alpha value is -3.02. The monoisotopic (exact) mass is 554 g/mol. The van der Waals surface area contributed by atoms with Crippen LogP contribution < -0.4 is 5.43 Å². The Labute approximate surface area is 216 Å². The number of halogens is 3. The summed E-state index contributed by atoms with van der Waals surface area (Å²) >= 11 is 18.2. The number of nitro groups is 1. The Morgan fingerprint density at radius 1 is 1.03 bits per heavy atom. The summed E-state index contributed by atoms with van der Waals surface area (Å²) in [6, 6.07) is 16.0. The van der Waals surface area contributed by atoms with Crippen molar-refractivity contribution in [3.63, 3.8) is 0 Å². The van der Waals surface area contributed by atoms with E-state index in [1.807, 2.05) is 0 Å². The summed E-state index contributed by atoms with van der Waals surface area (Å²) in [5.74, 6) is -0.757. The SMILES string of the molecule is O=C(CN(Cc1ccc(Cl)cc1Cl)S(=O)(=O)c1ccccc1)N/N=C\c1cc([N+](=O)[O-])ccc1Cl. The van der Waals surface area contributed by atoms with Crippen molar-refractivity contribution in [3.05, 3.63) is 103 Å². The molecular formula is C22H17Cl3N4O5S. The third kappa shape index (κ3) is 7.00. The van der Waals surface area contributed by atoms with E-state index in [0.29, 0.717) is 10.6 Å². The fourth-order valence-electron chi connectivity index (χ4n) is 2.92. The number of hydrogen-bond acceptors (Lipinski definition) is 6. The number of hydrazone groups is 1. The van der Waals surface area contributed by atoms with Crippen molar-refractivity contribution in [1.82, 2.24) is 9.73 Å². The normalized spacial score (nSPS) is 11.7. The number of carbonyl (C=O) groups excluding carboxylic acids is 1. The van der Waals surface area contributed by atoms with Crippen molar-refractivity contribution in [2.45, 2.75) is 11.4 Å². The number of rotatable bonds is 9. The molecule has 0 aromatic heterocycles. The van der Waals surface area contributed by atoms with Crippen LogP contribution in [0.4, 0.5) is 5.69 Å². The predicted octanol–water partition coefficient (Wildman–Crippen LogP) is 4.90. The second-order valence-corrected chi connectivity index (χ2v) is 10.3. The Bertz CT molecular complexity index is 1390. The predicted molar refractivity (Wildman–Crippen MR) is 134 cm³/mol. The second kappa shape index (κ2) is 11.6. The lowest BCUT2D eigenvalue weighted by Crippen LogP contribution is -2.39. The molecular weight excluding hydrogens is 539 g/mol. The van der Waals surface area contributed by atoms with Crippen LogP contribution in [0.15, 0.2) is 76.7 Å². The van der Waals surface area contributed by atoms with Crippen LogP contribution in [-0.4, -0.2) is 36.3 Å². The van der Waals surface area contributed by atoms with Gasteiger partial charge in [-0.15, -0.1) is 0 Å². The molecule has 0 atom stereocenters. The maximum atomic E-state index is 13.2. The number of hydrogen-bond donors (Lipinski definition) is 1. The van der Waals surface area contributed by atoms with Crippen LogP contribution in [0.2, 0.25) is 15.1 Å². The van der Waals surface area contributed by atoms with Crippen molar-refractivity contribution in [2.75, 3.05) is 6.54 Å². The molecule has 0 fully saturated rings. The van der Waals surface area contributed by atoms with Gasteiger partial charge in [-0.25, -0.2) is 13.8 Å². The first-order valence-corrected chi connectivity index (χ1v) is 12.4. The lowest BCUT2D eigenvalue weighted by Gasteiger charge is -2.22. The minimum absolute atomic E-state index is 0.00948. The molecule has 0 radical (unpaired) electrons. The molecule has 0 aliphatic heterocycles. The molecule has 3 aromatic carbocycles. The van der Waals surface area contributed by atoms with Gasteiger partial charge in [-0.3, -0.25) is 14.9 Å². The molecule has 0 aliphatic carbocycles. The van der Waals surface area contributed by atoms with Gasteiger partial charge in [0.15, 0.2) is 0 Å². The minimum atomic E-state index is -4.09. The highest BCUT2D eigenvalue weighted by atomic mass is 35.5. The van der Waals surface area contributed by atoms with E-state index in [2.05, 4.69) is 10.5 Å². The Morgan fingerprint density at radius 3 is 2.40 bits per heavy atom. The molecule has 0 saturated carbocycles. The third-order valence-electron chi connectivity index (χ3n) is 4.65. The van der Waals surface area contributed by atoms with Crippen molar-refractivity contribution in [2.24, 2.45) is 5.10 Å². The van der Waals surface area contributed by atoms with Crippen LogP contribution in [0.1, 0.15) is 11.1 Å². The van der Waals surface area contributed by atoms with Crippen LogP contribution in [0.5, 0.6) is 0 Å². The average Bonchev–Trinajstić information content (AvgIpc) is 2.81. The number of carbonyl (C=O) groups is 1. The van der Waals surface area contributed by atoms with Gasteiger partial charge in [0.2, 0.25) is 10.0 Å². The van der Waals surface area contributed by atoms with Crippen molar-refractivity contribution >= 4 is 62.6 Å². The molecule has 1 N–H and O–H groups in total. The molecule has 0 spiro atoms. The minimum Gasteiger partial charge on any atom is -0.272 e. The first-order valence-electron chi connectivity index (χ1n) is 9.83. The third-order valence-corrected chi connectivity index (χ3v) is 7.38. The van der Waals surface area contributed by atoms with E-state index < -0.39 is 27.4 Å². The number of nitrogens with zero attached hydrogens (tertiary/aromatic N) is 3. The van der Waals surface area contributed by atoms with Crippen LogP contribution >= 0.6 is 34.8 Å². The zero-order chi connectivity index (χ0) is 25.6. The fourth-order valence-corrected chi connectivity index (χ4v) is 4.95. The Balaban J connectivity index is 1.82. The molecule has 0 aliphatic rings. The van der Waals surface area contributed by atoms with Gasteiger partial charge in [-0.2, -0.15) is 9.41 Å². The highest BCUT2D eigenvalue weighted by molar-refractivity contribution is 7.89. The molecule has 35 heavy (non-hydrogen) atoms. The van der Waals surface area contributed by atoms with Crippen LogP contribution in [0, 0.1) is 10.1 Å². The molecule has 3 aromatic rings. The number of benzene rings is 3. The fraction of sp³-hybridized carbons (Fsp3) is 0.0909. The van der Waals surface area contributed by atoms with Crippen molar-refractivity contribution in [3.8, 4) is 0 Å². The summed E-state index contributed by atoms with van der Waals surface area (Å²) in [7, 11) is -4.09. The van der Waals surface area contributed by atoms with E-state index >= 15 is 0 Å². The summed E-state index contributed by atoms with van der Waals surface area (Å²) in [6.07, 6.45) is 1.12. The largest absolute Gasteiger partial charge is 0.272 e. The molecule has 9 nitrogen and oxygen atoms in total.